The van der Waals surface area contributed by atoms with E-state index in [9.17, 15) is 9.59 Å². The number of Topliss-reactive ketones (excluding diaryl/α,β-unsaturated/α-hetero) is 2. The van der Waals surface area contributed by atoms with Gasteiger partial charge in [0.15, 0.2) is 5.78 Å². The van der Waals surface area contributed by atoms with Gasteiger partial charge in [-0.15, -0.1) is 0 Å². The monoisotopic (exact) mass is 327 g/mol. The van der Waals surface area contributed by atoms with Gasteiger partial charge in [0, 0.05) is 34.8 Å². The second kappa shape index (κ2) is 5.35. The van der Waals surface area contributed by atoms with Crippen molar-refractivity contribution in [2.24, 2.45) is 10.9 Å². The van der Waals surface area contributed by atoms with Gasteiger partial charge in [0.25, 0.3) is 0 Å². The minimum absolute atomic E-state index is 0.0284. The molecular formula is C22H17NO2. The lowest BCUT2D eigenvalue weighted by Gasteiger charge is -2.34. The van der Waals surface area contributed by atoms with Crippen LogP contribution in [0.25, 0.3) is 5.70 Å². The third-order valence-electron chi connectivity index (χ3n) is 5.55. The molecule has 1 heterocycles. The van der Waals surface area contributed by atoms with Crippen LogP contribution in [0.15, 0.2) is 65.2 Å². The molecule has 2 atom stereocenters. The third-order valence-corrected chi connectivity index (χ3v) is 5.55. The maximum Gasteiger partial charge on any atom is 0.192 e. The van der Waals surface area contributed by atoms with Gasteiger partial charge in [-0.05, 0) is 18.4 Å². The van der Waals surface area contributed by atoms with Crippen LogP contribution in [0.5, 0.6) is 0 Å². The molecule has 3 aliphatic rings. The summed E-state index contributed by atoms with van der Waals surface area (Å²) >= 11 is 0. The van der Waals surface area contributed by atoms with Crippen LogP contribution in [0, 0.1) is 5.92 Å². The van der Waals surface area contributed by atoms with Gasteiger partial charge in [0.2, 0.25) is 0 Å². The predicted molar refractivity (Wildman–Crippen MR) is 96.7 cm³/mol. The second-order valence-corrected chi connectivity index (χ2v) is 6.93. The van der Waals surface area contributed by atoms with Crippen molar-refractivity contribution in [1.82, 2.24) is 0 Å². The number of carbonyl (C=O) groups excluding carboxylic acids is 2. The van der Waals surface area contributed by atoms with Crippen molar-refractivity contribution in [3.05, 3.63) is 76.9 Å². The van der Waals surface area contributed by atoms with Gasteiger partial charge in [-0.1, -0.05) is 54.6 Å². The summed E-state index contributed by atoms with van der Waals surface area (Å²) in [6.07, 6.45) is 2.28. The molecule has 5 rings (SSSR count). The van der Waals surface area contributed by atoms with E-state index in [-0.39, 0.29) is 23.4 Å². The summed E-state index contributed by atoms with van der Waals surface area (Å²) in [5, 5.41) is 0. The van der Waals surface area contributed by atoms with E-state index in [2.05, 4.69) is 0 Å². The van der Waals surface area contributed by atoms with E-state index < -0.39 is 0 Å². The van der Waals surface area contributed by atoms with Gasteiger partial charge in [-0.25, -0.2) is 0 Å². The highest BCUT2D eigenvalue weighted by Crippen LogP contribution is 2.49. The predicted octanol–water partition coefficient (Wildman–Crippen LogP) is 4.20. The molecule has 1 saturated carbocycles. The summed E-state index contributed by atoms with van der Waals surface area (Å²) in [7, 11) is 0. The van der Waals surface area contributed by atoms with Gasteiger partial charge in [0.05, 0.1) is 11.6 Å². The molecule has 0 spiro atoms. The van der Waals surface area contributed by atoms with E-state index in [1.807, 2.05) is 54.6 Å². The van der Waals surface area contributed by atoms with E-state index in [4.69, 9.17) is 4.99 Å². The number of hydrogen-bond acceptors (Lipinski definition) is 3. The van der Waals surface area contributed by atoms with Crippen LogP contribution in [-0.2, 0) is 4.79 Å². The molecular weight excluding hydrogens is 310 g/mol. The number of carbonyl (C=O) groups is 2. The molecule has 0 N–H and O–H groups in total. The number of allylic oxidation sites excluding steroid dienone is 1. The number of hydrogen-bond donors (Lipinski definition) is 0. The molecule has 0 unspecified atom stereocenters. The van der Waals surface area contributed by atoms with E-state index in [1.54, 1.807) is 0 Å². The van der Waals surface area contributed by atoms with Crippen molar-refractivity contribution in [2.45, 2.75) is 25.2 Å². The molecule has 122 valence electrons. The third kappa shape index (κ3) is 2.02. The second-order valence-electron chi connectivity index (χ2n) is 6.93. The summed E-state index contributed by atoms with van der Waals surface area (Å²) in [6, 6.07) is 17.6. The van der Waals surface area contributed by atoms with Gasteiger partial charge in [0.1, 0.15) is 5.78 Å². The highest BCUT2D eigenvalue weighted by Gasteiger charge is 2.46. The Bertz CT molecular complexity index is 969. The molecule has 2 aromatic carbocycles. The summed E-state index contributed by atoms with van der Waals surface area (Å²) in [4.78, 5) is 30.8. The summed E-state index contributed by atoms with van der Waals surface area (Å²) in [5.74, 6) is -0.251. The first-order chi connectivity index (χ1) is 12.3. The summed E-state index contributed by atoms with van der Waals surface area (Å²) in [6.45, 7) is 0. The Morgan fingerprint density at radius 2 is 1.52 bits per heavy atom. The SMILES string of the molecule is O=C1C2=C(N=C3CCCC(=O)[C@H]3[C@H]2c2ccccc2)c2ccccc21. The topological polar surface area (TPSA) is 46.5 Å². The Hall–Kier alpha value is -2.81. The molecule has 0 saturated heterocycles. The lowest BCUT2D eigenvalue weighted by atomic mass is 9.69. The molecule has 3 heteroatoms. The zero-order chi connectivity index (χ0) is 17.0. The molecule has 2 aliphatic carbocycles. The van der Waals surface area contributed by atoms with Crippen LogP contribution >= 0.6 is 0 Å². The normalized spacial score (nSPS) is 24.6. The van der Waals surface area contributed by atoms with E-state index in [0.717, 1.165) is 35.4 Å². The molecule has 1 fully saturated rings. The van der Waals surface area contributed by atoms with Crippen LogP contribution < -0.4 is 0 Å². The number of nitrogens with zero attached hydrogens (tertiary/aromatic N) is 1. The quantitative estimate of drug-likeness (QED) is 0.788. The van der Waals surface area contributed by atoms with Crippen molar-refractivity contribution in [1.29, 1.82) is 0 Å². The number of benzene rings is 2. The fourth-order valence-electron chi connectivity index (χ4n) is 4.47. The Labute approximate surface area is 146 Å². The molecule has 2 aromatic rings. The van der Waals surface area contributed by atoms with E-state index in [1.165, 1.54) is 0 Å². The average Bonchev–Trinajstić information content (AvgIpc) is 2.94. The van der Waals surface area contributed by atoms with Crippen molar-refractivity contribution in [3.8, 4) is 0 Å². The van der Waals surface area contributed by atoms with Crippen molar-refractivity contribution in [3.63, 3.8) is 0 Å². The Morgan fingerprint density at radius 3 is 2.32 bits per heavy atom. The van der Waals surface area contributed by atoms with E-state index >= 15 is 0 Å². The van der Waals surface area contributed by atoms with E-state index in [0.29, 0.717) is 17.6 Å². The summed E-state index contributed by atoms with van der Waals surface area (Å²) < 4.78 is 0. The largest absolute Gasteiger partial charge is 0.299 e. The van der Waals surface area contributed by atoms with Gasteiger partial charge < -0.3 is 0 Å². The summed E-state index contributed by atoms with van der Waals surface area (Å²) in [5.41, 5.74) is 5.10. The molecule has 0 bridgehead atoms. The highest BCUT2D eigenvalue weighted by atomic mass is 16.1. The minimum Gasteiger partial charge on any atom is -0.299 e. The zero-order valence-electron chi connectivity index (χ0n) is 13.7. The van der Waals surface area contributed by atoms with Crippen LogP contribution in [0.3, 0.4) is 0 Å². The van der Waals surface area contributed by atoms with Crippen LogP contribution in [0.1, 0.15) is 46.7 Å². The maximum atomic E-state index is 13.2. The zero-order valence-corrected chi connectivity index (χ0v) is 13.7. The first-order valence-corrected chi connectivity index (χ1v) is 8.79. The minimum atomic E-state index is -0.284. The first-order valence-electron chi connectivity index (χ1n) is 8.79. The number of ketones is 2. The fourth-order valence-corrected chi connectivity index (χ4v) is 4.47. The van der Waals surface area contributed by atoms with Crippen molar-refractivity contribution >= 4 is 23.0 Å². The van der Waals surface area contributed by atoms with Gasteiger partial charge in [-0.3, -0.25) is 14.6 Å². The maximum absolute atomic E-state index is 13.2. The molecule has 0 amide bonds. The molecule has 0 radical (unpaired) electrons. The molecule has 1 aliphatic heterocycles. The number of fused-ring (bicyclic) bond motifs is 3. The smallest absolute Gasteiger partial charge is 0.192 e. The lowest BCUT2D eigenvalue weighted by molar-refractivity contribution is -0.121. The Kier molecular flexibility index (Phi) is 3.11. The van der Waals surface area contributed by atoms with Crippen LogP contribution in [0.2, 0.25) is 0 Å². The van der Waals surface area contributed by atoms with Crippen LogP contribution in [0.4, 0.5) is 0 Å². The Balaban J connectivity index is 1.77. The lowest BCUT2D eigenvalue weighted by Crippen LogP contribution is -2.37. The van der Waals surface area contributed by atoms with Gasteiger partial charge in [-0.2, -0.15) is 0 Å². The molecule has 3 nitrogen and oxygen atoms in total. The average molecular weight is 327 g/mol. The fraction of sp³-hybridized carbons (Fsp3) is 0.227. The van der Waals surface area contributed by atoms with Crippen LogP contribution in [-0.4, -0.2) is 17.3 Å². The van der Waals surface area contributed by atoms with Crippen molar-refractivity contribution < 1.29 is 9.59 Å². The molecule has 0 aromatic heterocycles. The standard InChI is InChI=1S/C22H17NO2/c24-17-12-6-11-16-19(17)18(13-7-2-1-3-8-13)20-21(23-16)14-9-4-5-10-15(14)22(20)25/h1-5,7-10,18-19H,6,11-12H2/t18-,19+/m1/s1. The number of rotatable bonds is 1. The Morgan fingerprint density at radius 1 is 0.800 bits per heavy atom. The molecule has 25 heavy (non-hydrogen) atoms. The number of aliphatic imine (C=N–C) groups is 1. The van der Waals surface area contributed by atoms with Crippen molar-refractivity contribution in [2.75, 3.05) is 0 Å². The first kappa shape index (κ1) is 14.5. The highest BCUT2D eigenvalue weighted by molar-refractivity contribution is 6.25. The van der Waals surface area contributed by atoms with Gasteiger partial charge >= 0.3 is 0 Å².